The summed E-state index contributed by atoms with van der Waals surface area (Å²) in [7, 11) is 0. The third-order valence-corrected chi connectivity index (χ3v) is 8.85. The molecule has 0 aromatic heterocycles. The number of hydrogen-bond acceptors (Lipinski definition) is 1. The molecule has 0 N–H and O–H groups in total. The molecule has 0 spiro atoms. The quantitative estimate of drug-likeness (QED) is 0.176. The van der Waals surface area contributed by atoms with Crippen LogP contribution in [0.15, 0.2) is 200 Å². The van der Waals surface area contributed by atoms with E-state index in [1.807, 2.05) is 0 Å². The van der Waals surface area contributed by atoms with Gasteiger partial charge < -0.3 is 4.90 Å². The predicted octanol–water partition coefficient (Wildman–Crippen LogP) is 13.0. The number of para-hydroxylation sites is 1. The van der Waals surface area contributed by atoms with E-state index < -0.39 is 0 Å². The maximum Gasteiger partial charge on any atom is 0.0462 e. The van der Waals surface area contributed by atoms with Crippen molar-refractivity contribution in [3.8, 4) is 44.5 Å². The molecule has 0 atom stereocenters. The van der Waals surface area contributed by atoms with Crippen molar-refractivity contribution in [3.63, 3.8) is 0 Å². The Hall–Kier alpha value is -6.18. The Kier molecular flexibility index (Phi) is 7.63. The third-order valence-electron chi connectivity index (χ3n) is 8.85. The van der Waals surface area contributed by atoms with Crippen molar-refractivity contribution in [2.45, 2.75) is 0 Å². The SMILES string of the molecule is c1ccc(-c2cccc(-c3ccc(N(c4ccccc4)c4ccc(-c5ccc6cc(-c7ccccc7)ccc6c5)cc4)cc3)c2)cc1. The highest BCUT2D eigenvalue weighted by molar-refractivity contribution is 5.91. The summed E-state index contributed by atoms with van der Waals surface area (Å²) < 4.78 is 0. The van der Waals surface area contributed by atoms with Crippen LogP contribution >= 0.6 is 0 Å². The van der Waals surface area contributed by atoms with Crippen LogP contribution in [0.25, 0.3) is 55.3 Å². The number of rotatable bonds is 7. The lowest BCUT2D eigenvalue weighted by atomic mass is 9.97. The molecule has 0 unspecified atom stereocenters. The van der Waals surface area contributed by atoms with Crippen molar-refractivity contribution in [1.82, 2.24) is 0 Å². The van der Waals surface area contributed by atoms with E-state index in [2.05, 4.69) is 205 Å². The fourth-order valence-electron chi connectivity index (χ4n) is 6.37. The van der Waals surface area contributed by atoms with Crippen LogP contribution in [-0.2, 0) is 0 Å². The molecule has 0 aliphatic rings. The van der Waals surface area contributed by atoms with E-state index in [1.54, 1.807) is 0 Å². The average molecular weight is 600 g/mol. The van der Waals surface area contributed by atoms with E-state index in [9.17, 15) is 0 Å². The van der Waals surface area contributed by atoms with Gasteiger partial charge in [0.1, 0.15) is 0 Å². The molecule has 222 valence electrons. The molecule has 0 aliphatic carbocycles. The molecule has 47 heavy (non-hydrogen) atoms. The lowest BCUT2D eigenvalue weighted by Gasteiger charge is -2.26. The van der Waals surface area contributed by atoms with Crippen LogP contribution in [0.4, 0.5) is 17.1 Å². The first-order valence-electron chi connectivity index (χ1n) is 16.1. The van der Waals surface area contributed by atoms with Gasteiger partial charge in [-0.05, 0) is 110 Å². The van der Waals surface area contributed by atoms with Gasteiger partial charge in [0, 0.05) is 17.1 Å². The van der Waals surface area contributed by atoms with E-state index in [0.29, 0.717) is 0 Å². The van der Waals surface area contributed by atoms with Crippen molar-refractivity contribution in [1.29, 1.82) is 0 Å². The van der Waals surface area contributed by atoms with Crippen molar-refractivity contribution >= 4 is 27.8 Å². The largest absolute Gasteiger partial charge is 0.311 e. The van der Waals surface area contributed by atoms with Crippen LogP contribution in [0.5, 0.6) is 0 Å². The monoisotopic (exact) mass is 599 g/mol. The van der Waals surface area contributed by atoms with Crippen LogP contribution in [0, 0.1) is 0 Å². The topological polar surface area (TPSA) is 3.24 Å². The molecule has 0 bridgehead atoms. The van der Waals surface area contributed by atoms with Crippen molar-refractivity contribution in [2.75, 3.05) is 4.90 Å². The summed E-state index contributed by atoms with van der Waals surface area (Å²) in [5.74, 6) is 0. The minimum Gasteiger partial charge on any atom is -0.311 e. The number of fused-ring (bicyclic) bond motifs is 1. The van der Waals surface area contributed by atoms with E-state index in [0.717, 1.165) is 17.1 Å². The number of anilines is 3. The summed E-state index contributed by atoms with van der Waals surface area (Å²) in [5, 5.41) is 2.49. The fraction of sp³-hybridized carbons (Fsp3) is 0. The molecule has 0 radical (unpaired) electrons. The van der Waals surface area contributed by atoms with Crippen LogP contribution in [0.1, 0.15) is 0 Å². The molecule has 0 saturated heterocycles. The van der Waals surface area contributed by atoms with Crippen LogP contribution < -0.4 is 4.90 Å². The molecule has 1 nitrogen and oxygen atoms in total. The summed E-state index contributed by atoms with van der Waals surface area (Å²) in [6.45, 7) is 0. The van der Waals surface area contributed by atoms with Gasteiger partial charge in [0.2, 0.25) is 0 Å². The standard InChI is InChI=1S/C46H33N/c1-4-11-34(12-5-1)38-15-10-16-39(31-38)36-23-27-45(28-24-36)47(44-17-8-3-9-18-44)46-29-25-37(26-30-46)41-20-22-42-32-40(19-21-43(42)33-41)35-13-6-2-7-14-35/h1-33H. The minimum atomic E-state index is 1.12. The normalized spacial score (nSPS) is 11.0. The zero-order chi connectivity index (χ0) is 31.4. The first-order chi connectivity index (χ1) is 23.3. The Morgan fingerprint density at radius 1 is 0.213 bits per heavy atom. The van der Waals surface area contributed by atoms with Crippen LogP contribution in [0.3, 0.4) is 0 Å². The second-order valence-corrected chi connectivity index (χ2v) is 11.9. The zero-order valence-corrected chi connectivity index (χ0v) is 26.0. The molecule has 8 rings (SSSR count). The zero-order valence-electron chi connectivity index (χ0n) is 26.0. The van der Waals surface area contributed by atoms with Gasteiger partial charge in [0.25, 0.3) is 0 Å². The Bertz CT molecular complexity index is 2250. The highest BCUT2D eigenvalue weighted by Gasteiger charge is 2.13. The Morgan fingerprint density at radius 3 is 0.979 bits per heavy atom. The molecular formula is C46H33N. The first kappa shape index (κ1) is 28.3. The molecule has 8 aromatic rings. The summed E-state index contributed by atoms with van der Waals surface area (Å²) in [6, 6.07) is 71.8. The van der Waals surface area contributed by atoms with Crippen molar-refractivity contribution < 1.29 is 0 Å². The average Bonchev–Trinajstić information content (AvgIpc) is 3.16. The van der Waals surface area contributed by atoms with Gasteiger partial charge in [-0.15, -0.1) is 0 Å². The molecule has 0 heterocycles. The van der Waals surface area contributed by atoms with Gasteiger partial charge >= 0.3 is 0 Å². The van der Waals surface area contributed by atoms with E-state index in [-0.39, 0.29) is 0 Å². The number of benzene rings is 8. The molecule has 0 saturated carbocycles. The maximum atomic E-state index is 2.32. The van der Waals surface area contributed by atoms with E-state index in [4.69, 9.17) is 0 Å². The first-order valence-corrected chi connectivity index (χ1v) is 16.1. The summed E-state index contributed by atoms with van der Waals surface area (Å²) in [4.78, 5) is 2.32. The van der Waals surface area contributed by atoms with Gasteiger partial charge in [-0.1, -0.05) is 146 Å². The lowest BCUT2D eigenvalue weighted by molar-refractivity contribution is 1.28. The Labute approximate surface area is 276 Å². The highest BCUT2D eigenvalue weighted by atomic mass is 15.1. The lowest BCUT2D eigenvalue weighted by Crippen LogP contribution is -2.09. The maximum absolute atomic E-state index is 2.32. The van der Waals surface area contributed by atoms with Crippen LogP contribution in [0.2, 0.25) is 0 Å². The van der Waals surface area contributed by atoms with Gasteiger partial charge in [-0.25, -0.2) is 0 Å². The second kappa shape index (κ2) is 12.7. The molecule has 0 amide bonds. The van der Waals surface area contributed by atoms with E-state index >= 15 is 0 Å². The second-order valence-electron chi connectivity index (χ2n) is 11.9. The predicted molar refractivity (Wildman–Crippen MR) is 200 cm³/mol. The molecule has 0 fully saturated rings. The van der Waals surface area contributed by atoms with Crippen LogP contribution in [-0.4, -0.2) is 0 Å². The number of nitrogens with zero attached hydrogens (tertiary/aromatic N) is 1. The summed E-state index contributed by atoms with van der Waals surface area (Å²) in [6.07, 6.45) is 0. The Morgan fingerprint density at radius 2 is 0.532 bits per heavy atom. The van der Waals surface area contributed by atoms with Crippen molar-refractivity contribution in [2.24, 2.45) is 0 Å². The van der Waals surface area contributed by atoms with Gasteiger partial charge in [0.05, 0.1) is 0 Å². The third kappa shape index (κ3) is 5.95. The molecular weight excluding hydrogens is 567 g/mol. The summed E-state index contributed by atoms with van der Waals surface area (Å²) in [5.41, 5.74) is 13.1. The number of hydrogen-bond donors (Lipinski definition) is 0. The summed E-state index contributed by atoms with van der Waals surface area (Å²) >= 11 is 0. The molecule has 1 heteroatoms. The molecule has 0 aliphatic heterocycles. The van der Waals surface area contributed by atoms with Gasteiger partial charge in [-0.2, -0.15) is 0 Å². The molecule has 8 aromatic carbocycles. The van der Waals surface area contributed by atoms with Gasteiger partial charge in [0.15, 0.2) is 0 Å². The smallest absolute Gasteiger partial charge is 0.0462 e. The van der Waals surface area contributed by atoms with E-state index in [1.165, 1.54) is 55.3 Å². The highest BCUT2D eigenvalue weighted by Crippen LogP contribution is 2.37. The van der Waals surface area contributed by atoms with Gasteiger partial charge in [-0.3, -0.25) is 0 Å². The fourth-order valence-corrected chi connectivity index (χ4v) is 6.37. The Balaban J connectivity index is 1.09. The minimum absolute atomic E-state index is 1.12. The van der Waals surface area contributed by atoms with Crippen molar-refractivity contribution in [3.05, 3.63) is 200 Å².